The number of hydrogen-bond acceptors (Lipinski definition) is 3. The van der Waals surface area contributed by atoms with Gasteiger partial charge in [0.1, 0.15) is 0 Å². The van der Waals surface area contributed by atoms with Crippen LogP contribution in [0.3, 0.4) is 0 Å². The van der Waals surface area contributed by atoms with E-state index in [-0.39, 0.29) is 12.0 Å². The number of aliphatic hydroxyl groups excluding tert-OH is 1. The van der Waals surface area contributed by atoms with Gasteiger partial charge in [0.05, 0.1) is 6.10 Å². The van der Waals surface area contributed by atoms with E-state index in [1.165, 1.54) is 4.88 Å². The van der Waals surface area contributed by atoms with Crippen molar-refractivity contribution >= 4 is 11.3 Å². The van der Waals surface area contributed by atoms with Gasteiger partial charge in [0, 0.05) is 4.88 Å². The van der Waals surface area contributed by atoms with Crippen LogP contribution in [-0.4, -0.2) is 17.8 Å². The number of aryl methyl sites for hydroxylation is 1. The van der Waals surface area contributed by atoms with Crippen LogP contribution in [0.2, 0.25) is 0 Å². The van der Waals surface area contributed by atoms with Crippen LogP contribution in [0.5, 0.6) is 0 Å². The highest BCUT2D eigenvalue weighted by Gasteiger charge is 2.20. The van der Waals surface area contributed by atoms with Gasteiger partial charge in [0.15, 0.2) is 0 Å². The Labute approximate surface area is 96.1 Å². The highest BCUT2D eigenvalue weighted by Crippen LogP contribution is 2.19. The van der Waals surface area contributed by atoms with Gasteiger partial charge in [-0.05, 0) is 42.7 Å². The monoisotopic (exact) mass is 227 g/mol. The molecule has 1 aromatic rings. The Morgan fingerprint density at radius 3 is 2.67 bits per heavy atom. The van der Waals surface area contributed by atoms with Gasteiger partial charge >= 0.3 is 0 Å². The van der Waals surface area contributed by atoms with E-state index in [1.54, 1.807) is 11.3 Å². The molecule has 0 aliphatic rings. The Bertz CT molecular complexity index is 259. The molecule has 1 rings (SSSR count). The van der Waals surface area contributed by atoms with Gasteiger partial charge in [-0.1, -0.05) is 19.9 Å². The molecule has 2 atom stereocenters. The molecule has 0 saturated heterocycles. The summed E-state index contributed by atoms with van der Waals surface area (Å²) in [5.41, 5.74) is 5.67. The van der Waals surface area contributed by atoms with E-state index in [0.717, 1.165) is 12.8 Å². The van der Waals surface area contributed by atoms with Crippen LogP contribution in [0.25, 0.3) is 0 Å². The van der Waals surface area contributed by atoms with E-state index >= 15 is 0 Å². The molecule has 0 fully saturated rings. The smallest absolute Gasteiger partial charge is 0.0586 e. The number of nitrogens with two attached hydrogens (primary N) is 1. The Morgan fingerprint density at radius 1 is 1.47 bits per heavy atom. The zero-order chi connectivity index (χ0) is 11.3. The maximum atomic E-state index is 10.0. The molecule has 3 N–H and O–H groups in total. The van der Waals surface area contributed by atoms with Gasteiger partial charge in [0.25, 0.3) is 0 Å². The largest absolute Gasteiger partial charge is 0.393 e. The van der Waals surface area contributed by atoms with Crippen molar-refractivity contribution in [2.24, 2.45) is 17.6 Å². The summed E-state index contributed by atoms with van der Waals surface area (Å²) >= 11 is 1.75. The van der Waals surface area contributed by atoms with Crippen molar-refractivity contribution in [3.63, 3.8) is 0 Å². The average molecular weight is 227 g/mol. The lowest BCUT2D eigenvalue weighted by molar-refractivity contribution is 0.0788. The highest BCUT2D eigenvalue weighted by atomic mass is 32.1. The number of rotatable bonds is 6. The summed E-state index contributed by atoms with van der Waals surface area (Å²) in [5, 5.41) is 12.1. The summed E-state index contributed by atoms with van der Waals surface area (Å²) in [6.45, 7) is 4.81. The number of thiophene rings is 1. The fourth-order valence-corrected chi connectivity index (χ4v) is 2.56. The van der Waals surface area contributed by atoms with E-state index in [2.05, 4.69) is 31.4 Å². The maximum absolute atomic E-state index is 10.0. The predicted molar refractivity (Wildman–Crippen MR) is 66.0 cm³/mol. The molecule has 3 heteroatoms. The Kier molecular flexibility index (Phi) is 5.29. The molecular formula is C12H21NOS. The lowest BCUT2D eigenvalue weighted by atomic mass is 9.88. The zero-order valence-corrected chi connectivity index (χ0v) is 10.3. The van der Waals surface area contributed by atoms with Gasteiger partial charge in [-0.15, -0.1) is 11.3 Å². The van der Waals surface area contributed by atoms with Crippen molar-refractivity contribution in [2.75, 3.05) is 6.54 Å². The summed E-state index contributed by atoms with van der Waals surface area (Å²) < 4.78 is 0. The fourth-order valence-electron chi connectivity index (χ4n) is 1.83. The average Bonchev–Trinajstić information content (AvgIpc) is 2.67. The summed E-state index contributed by atoms with van der Waals surface area (Å²) in [5.74, 6) is 0.679. The molecule has 0 saturated carbocycles. The Balaban J connectivity index is 2.37. The molecule has 0 spiro atoms. The van der Waals surface area contributed by atoms with E-state index in [9.17, 15) is 5.11 Å². The second-order valence-electron chi connectivity index (χ2n) is 4.33. The van der Waals surface area contributed by atoms with Gasteiger partial charge in [0.2, 0.25) is 0 Å². The highest BCUT2D eigenvalue weighted by molar-refractivity contribution is 7.09. The fraction of sp³-hybridized carbons (Fsp3) is 0.667. The third kappa shape index (κ3) is 3.93. The second kappa shape index (κ2) is 6.26. The number of aliphatic hydroxyl groups is 1. The molecule has 0 bridgehead atoms. The Hall–Kier alpha value is -0.380. The molecule has 15 heavy (non-hydrogen) atoms. The van der Waals surface area contributed by atoms with Crippen LogP contribution in [0.4, 0.5) is 0 Å². The zero-order valence-electron chi connectivity index (χ0n) is 9.52. The van der Waals surface area contributed by atoms with E-state index in [1.807, 2.05) is 0 Å². The molecule has 86 valence electrons. The maximum Gasteiger partial charge on any atom is 0.0586 e. The minimum atomic E-state index is -0.267. The topological polar surface area (TPSA) is 46.2 Å². The Morgan fingerprint density at radius 2 is 2.20 bits per heavy atom. The van der Waals surface area contributed by atoms with E-state index in [4.69, 9.17) is 5.73 Å². The standard InChI is InChI=1S/C12H21NOS/c1-9(2)11(8-13)12(14)6-5-10-4-3-7-15-10/h3-4,7,9,11-12,14H,5-6,8,13H2,1-2H3. The van der Waals surface area contributed by atoms with Crippen molar-refractivity contribution in [1.29, 1.82) is 0 Å². The molecule has 0 aliphatic heterocycles. The van der Waals surface area contributed by atoms with Crippen LogP contribution in [-0.2, 0) is 6.42 Å². The minimum Gasteiger partial charge on any atom is -0.393 e. The molecule has 1 aromatic heterocycles. The van der Waals surface area contributed by atoms with Crippen molar-refractivity contribution in [2.45, 2.75) is 32.8 Å². The summed E-state index contributed by atoms with van der Waals surface area (Å²) in [6.07, 6.45) is 1.51. The molecule has 2 unspecified atom stereocenters. The first-order chi connectivity index (χ1) is 7.15. The molecule has 0 aromatic carbocycles. The lowest BCUT2D eigenvalue weighted by Gasteiger charge is -2.24. The van der Waals surface area contributed by atoms with Crippen molar-refractivity contribution in [1.82, 2.24) is 0 Å². The molecule has 0 amide bonds. The summed E-state index contributed by atoms with van der Waals surface area (Å²) in [6, 6.07) is 4.17. The quantitative estimate of drug-likeness (QED) is 0.783. The van der Waals surface area contributed by atoms with E-state index in [0.29, 0.717) is 12.5 Å². The van der Waals surface area contributed by atoms with E-state index < -0.39 is 0 Å². The third-order valence-corrected chi connectivity index (χ3v) is 3.83. The SMILES string of the molecule is CC(C)C(CN)C(O)CCc1cccs1. The first-order valence-electron chi connectivity index (χ1n) is 5.55. The minimum absolute atomic E-state index is 0.227. The first kappa shape index (κ1) is 12.7. The summed E-state index contributed by atoms with van der Waals surface area (Å²) in [4.78, 5) is 1.34. The molecule has 0 radical (unpaired) electrons. The number of hydrogen-bond donors (Lipinski definition) is 2. The van der Waals surface area contributed by atoms with Crippen LogP contribution < -0.4 is 5.73 Å². The first-order valence-corrected chi connectivity index (χ1v) is 6.43. The molecule has 1 heterocycles. The molecular weight excluding hydrogens is 206 g/mol. The van der Waals surface area contributed by atoms with Gasteiger partial charge in [-0.3, -0.25) is 0 Å². The van der Waals surface area contributed by atoms with Gasteiger partial charge in [-0.25, -0.2) is 0 Å². The van der Waals surface area contributed by atoms with Crippen molar-refractivity contribution < 1.29 is 5.11 Å². The van der Waals surface area contributed by atoms with Crippen LogP contribution in [0.1, 0.15) is 25.1 Å². The molecule has 0 aliphatic carbocycles. The normalized spacial score (nSPS) is 15.5. The predicted octanol–water partition coefficient (Wildman–Crippen LogP) is 2.27. The summed E-state index contributed by atoms with van der Waals surface area (Å²) in [7, 11) is 0. The second-order valence-corrected chi connectivity index (χ2v) is 5.36. The van der Waals surface area contributed by atoms with Crippen LogP contribution in [0.15, 0.2) is 17.5 Å². The lowest BCUT2D eigenvalue weighted by Crippen LogP contribution is -2.32. The van der Waals surface area contributed by atoms with Crippen molar-refractivity contribution in [3.8, 4) is 0 Å². The van der Waals surface area contributed by atoms with Gasteiger partial charge in [-0.2, -0.15) is 0 Å². The third-order valence-electron chi connectivity index (χ3n) is 2.89. The van der Waals surface area contributed by atoms with Crippen LogP contribution in [0, 0.1) is 11.8 Å². The molecule has 2 nitrogen and oxygen atoms in total. The van der Waals surface area contributed by atoms with Gasteiger partial charge < -0.3 is 10.8 Å². The van der Waals surface area contributed by atoms with Crippen molar-refractivity contribution in [3.05, 3.63) is 22.4 Å². The van der Waals surface area contributed by atoms with Crippen LogP contribution >= 0.6 is 11.3 Å².